The van der Waals surface area contributed by atoms with Crippen molar-refractivity contribution in [1.29, 1.82) is 0 Å². The minimum Gasteiger partial charge on any atom is -0.299 e. The molecule has 0 radical (unpaired) electrons. The molecule has 0 bridgehead atoms. The zero-order chi connectivity index (χ0) is 8.60. The zero-order valence-electron chi connectivity index (χ0n) is 7.94. The van der Waals surface area contributed by atoms with Gasteiger partial charge in [0.15, 0.2) is 0 Å². The van der Waals surface area contributed by atoms with Gasteiger partial charge in [0.1, 0.15) is 5.78 Å². The standard InChI is InChI=1S/C11H18O/c1-11(6-2-3-7-11)8-10(12)9-4-5-9/h9H,2-8H2,1H3. The van der Waals surface area contributed by atoms with Crippen molar-refractivity contribution in [3.63, 3.8) is 0 Å². The van der Waals surface area contributed by atoms with Crippen molar-refractivity contribution in [1.82, 2.24) is 0 Å². The van der Waals surface area contributed by atoms with E-state index in [1.165, 1.54) is 38.5 Å². The van der Waals surface area contributed by atoms with E-state index in [0.29, 0.717) is 17.1 Å². The molecule has 0 aromatic carbocycles. The van der Waals surface area contributed by atoms with Gasteiger partial charge in [-0.25, -0.2) is 0 Å². The van der Waals surface area contributed by atoms with Crippen LogP contribution in [0, 0.1) is 11.3 Å². The second kappa shape index (κ2) is 2.86. The van der Waals surface area contributed by atoms with Gasteiger partial charge in [0.2, 0.25) is 0 Å². The van der Waals surface area contributed by atoms with Crippen LogP contribution in [0.2, 0.25) is 0 Å². The normalized spacial score (nSPS) is 27.4. The molecule has 0 spiro atoms. The van der Waals surface area contributed by atoms with Crippen LogP contribution in [0.15, 0.2) is 0 Å². The van der Waals surface area contributed by atoms with Crippen molar-refractivity contribution in [2.75, 3.05) is 0 Å². The average Bonchev–Trinajstić information content (AvgIpc) is 2.77. The molecule has 0 atom stereocenters. The van der Waals surface area contributed by atoms with Crippen molar-refractivity contribution in [3.05, 3.63) is 0 Å². The Morgan fingerprint density at radius 1 is 1.33 bits per heavy atom. The van der Waals surface area contributed by atoms with Gasteiger partial charge < -0.3 is 0 Å². The third-order valence-electron chi connectivity index (χ3n) is 3.44. The monoisotopic (exact) mass is 166 g/mol. The fourth-order valence-electron chi connectivity index (χ4n) is 2.38. The summed E-state index contributed by atoms with van der Waals surface area (Å²) in [5.41, 5.74) is 0.389. The summed E-state index contributed by atoms with van der Waals surface area (Å²) in [6.07, 6.45) is 8.47. The number of carbonyl (C=O) groups is 1. The van der Waals surface area contributed by atoms with E-state index in [1.807, 2.05) is 0 Å². The molecule has 2 aliphatic rings. The highest BCUT2D eigenvalue weighted by molar-refractivity contribution is 5.83. The largest absolute Gasteiger partial charge is 0.299 e. The summed E-state index contributed by atoms with van der Waals surface area (Å²) in [5, 5.41) is 0. The van der Waals surface area contributed by atoms with E-state index in [4.69, 9.17) is 0 Å². The molecule has 0 saturated heterocycles. The lowest BCUT2D eigenvalue weighted by molar-refractivity contribution is -0.122. The van der Waals surface area contributed by atoms with E-state index in [2.05, 4.69) is 6.92 Å². The first-order valence-corrected chi connectivity index (χ1v) is 5.22. The molecule has 0 unspecified atom stereocenters. The Hall–Kier alpha value is -0.330. The van der Waals surface area contributed by atoms with Gasteiger partial charge in [-0.05, 0) is 31.1 Å². The molecule has 2 rings (SSSR count). The maximum absolute atomic E-state index is 11.6. The van der Waals surface area contributed by atoms with E-state index >= 15 is 0 Å². The lowest BCUT2D eigenvalue weighted by Gasteiger charge is -2.21. The summed E-state index contributed by atoms with van der Waals surface area (Å²) >= 11 is 0. The highest BCUT2D eigenvalue weighted by Crippen LogP contribution is 2.43. The predicted molar refractivity (Wildman–Crippen MR) is 48.9 cm³/mol. The van der Waals surface area contributed by atoms with Gasteiger partial charge in [-0.3, -0.25) is 4.79 Å². The molecule has 0 heterocycles. The van der Waals surface area contributed by atoms with Gasteiger partial charge >= 0.3 is 0 Å². The van der Waals surface area contributed by atoms with Crippen molar-refractivity contribution in [2.24, 2.45) is 11.3 Å². The Bertz CT molecular complexity index is 185. The Balaban J connectivity index is 1.87. The molecule has 0 N–H and O–H groups in total. The first-order chi connectivity index (χ1) is 5.70. The number of hydrogen-bond donors (Lipinski definition) is 0. The SMILES string of the molecule is CC1(CC(=O)C2CC2)CCCC1. The summed E-state index contributed by atoms with van der Waals surface area (Å²) < 4.78 is 0. The number of hydrogen-bond acceptors (Lipinski definition) is 1. The van der Waals surface area contributed by atoms with Crippen LogP contribution < -0.4 is 0 Å². The van der Waals surface area contributed by atoms with Gasteiger partial charge in [-0.2, -0.15) is 0 Å². The van der Waals surface area contributed by atoms with Crippen LogP contribution in [0.1, 0.15) is 51.9 Å². The third kappa shape index (κ3) is 1.70. The highest BCUT2D eigenvalue weighted by Gasteiger charge is 2.36. The van der Waals surface area contributed by atoms with Crippen LogP contribution in [-0.2, 0) is 4.79 Å². The molecule has 12 heavy (non-hydrogen) atoms. The second-order valence-corrected chi connectivity index (χ2v) is 4.94. The summed E-state index contributed by atoms with van der Waals surface area (Å²) in [6, 6.07) is 0. The molecular formula is C11H18O. The molecule has 2 aliphatic carbocycles. The molecule has 0 aliphatic heterocycles. The van der Waals surface area contributed by atoms with Crippen LogP contribution in [0.3, 0.4) is 0 Å². The van der Waals surface area contributed by atoms with Crippen LogP contribution in [0.5, 0.6) is 0 Å². The first-order valence-electron chi connectivity index (χ1n) is 5.22. The zero-order valence-corrected chi connectivity index (χ0v) is 7.94. The van der Waals surface area contributed by atoms with Crippen LogP contribution in [0.25, 0.3) is 0 Å². The Morgan fingerprint density at radius 3 is 2.42 bits per heavy atom. The number of Topliss-reactive ketones (excluding diaryl/α,β-unsaturated/α-hetero) is 1. The Labute approximate surface area is 74.5 Å². The van der Waals surface area contributed by atoms with Gasteiger partial charge in [-0.1, -0.05) is 19.8 Å². The molecule has 68 valence electrons. The Morgan fingerprint density at radius 2 is 1.92 bits per heavy atom. The molecule has 1 heteroatoms. The molecule has 1 nitrogen and oxygen atoms in total. The second-order valence-electron chi connectivity index (χ2n) is 4.94. The van der Waals surface area contributed by atoms with Crippen molar-refractivity contribution in [2.45, 2.75) is 51.9 Å². The van der Waals surface area contributed by atoms with E-state index in [9.17, 15) is 4.79 Å². The lowest BCUT2D eigenvalue weighted by Crippen LogP contribution is -2.17. The van der Waals surface area contributed by atoms with Crippen LogP contribution in [-0.4, -0.2) is 5.78 Å². The fraction of sp³-hybridized carbons (Fsp3) is 0.909. The van der Waals surface area contributed by atoms with E-state index < -0.39 is 0 Å². The van der Waals surface area contributed by atoms with Gasteiger partial charge in [0, 0.05) is 12.3 Å². The van der Waals surface area contributed by atoms with Gasteiger partial charge in [-0.15, -0.1) is 0 Å². The predicted octanol–water partition coefficient (Wildman–Crippen LogP) is 2.94. The maximum atomic E-state index is 11.6. The van der Waals surface area contributed by atoms with Gasteiger partial charge in [0.25, 0.3) is 0 Å². The van der Waals surface area contributed by atoms with E-state index in [0.717, 1.165) is 6.42 Å². The molecule has 2 fully saturated rings. The summed E-state index contributed by atoms with van der Waals surface area (Å²) in [4.78, 5) is 11.6. The summed E-state index contributed by atoms with van der Waals surface area (Å²) in [6.45, 7) is 2.29. The minimum absolute atomic E-state index is 0.389. The van der Waals surface area contributed by atoms with Crippen molar-refractivity contribution < 1.29 is 4.79 Å². The topological polar surface area (TPSA) is 17.1 Å². The summed E-state index contributed by atoms with van der Waals surface area (Å²) in [7, 11) is 0. The molecule has 2 saturated carbocycles. The van der Waals surface area contributed by atoms with Crippen LogP contribution in [0.4, 0.5) is 0 Å². The number of rotatable bonds is 3. The number of carbonyl (C=O) groups excluding carboxylic acids is 1. The molecule has 0 aromatic heterocycles. The minimum atomic E-state index is 0.389. The van der Waals surface area contributed by atoms with E-state index in [1.54, 1.807) is 0 Å². The fourth-order valence-corrected chi connectivity index (χ4v) is 2.38. The smallest absolute Gasteiger partial charge is 0.136 e. The van der Waals surface area contributed by atoms with Crippen molar-refractivity contribution in [3.8, 4) is 0 Å². The quantitative estimate of drug-likeness (QED) is 0.630. The Kier molecular flexibility index (Phi) is 1.97. The lowest BCUT2D eigenvalue weighted by atomic mass is 9.82. The molecule has 0 amide bonds. The summed E-state index contributed by atoms with van der Waals surface area (Å²) in [5.74, 6) is 1.03. The van der Waals surface area contributed by atoms with Crippen molar-refractivity contribution >= 4 is 5.78 Å². The number of ketones is 1. The van der Waals surface area contributed by atoms with Gasteiger partial charge in [0.05, 0.1) is 0 Å². The third-order valence-corrected chi connectivity index (χ3v) is 3.44. The average molecular weight is 166 g/mol. The van der Waals surface area contributed by atoms with E-state index in [-0.39, 0.29) is 0 Å². The molecule has 0 aromatic rings. The maximum Gasteiger partial charge on any atom is 0.136 e. The molecular weight excluding hydrogens is 148 g/mol. The van der Waals surface area contributed by atoms with Crippen LogP contribution >= 0.6 is 0 Å². The first kappa shape index (κ1) is 8.28. The highest BCUT2D eigenvalue weighted by atomic mass is 16.1.